The van der Waals surface area contributed by atoms with Gasteiger partial charge in [-0.05, 0) is 61.6 Å². The molecule has 0 spiro atoms. The molecule has 0 aliphatic carbocycles. The highest BCUT2D eigenvalue weighted by Gasteiger charge is 2.40. The Morgan fingerprint density at radius 3 is 2.84 bits per heavy atom. The van der Waals surface area contributed by atoms with E-state index >= 15 is 0 Å². The zero-order chi connectivity index (χ0) is 14.0. The standard InChI is InChI=1S/C14H18INO3/c1-4-18-8-7-16-11-9-10(15)5-6-12(11)19-14(2,3)13(16)17/h5-6,9H,4,7-8H2,1-3H3. The number of halogens is 1. The van der Waals surface area contributed by atoms with Crippen molar-refractivity contribution in [2.75, 3.05) is 24.7 Å². The maximum Gasteiger partial charge on any atom is 0.270 e. The molecule has 1 aromatic carbocycles. The molecule has 0 bridgehead atoms. The van der Waals surface area contributed by atoms with E-state index in [0.717, 1.165) is 15.0 Å². The molecule has 1 amide bonds. The van der Waals surface area contributed by atoms with Gasteiger partial charge < -0.3 is 14.4 Å². The van der Waals surface area contributed by atoms with Gasteiger partial charge in [-0.1, -0.05) is 0 Å². The fraction of sp³-hybridized carbons (Fsp3) is 0.500. The first-order chi connectivity index (χ1) is 8.95. The highest BCUT2D eigenvalue weighted by atomic mass is 127. The van der Waals surface area contributed by atoms with E-state index in [1.54, 1.807) is 18.7 Å². The highest BCUT2D eigenvalue weighted by molar-refractivity contribution is 14.1. The molecule has 0 saturated heterocycles. The molecule has 0 fully saturated rings. The van der Waals surface area contributed by atoms with Crippen LogP contribution >= 0.6 is 22.6 Å². The summed E-state index contributed by atoms with van der Waals surface area (Å²) in [5.74, 6) is 0.725. The first-order valence-electron chi connectivity index (χ1n) is 6.34. The second-order valence-corrected chi connectivity index (χ2v) is 6.12. The van der Waals surface area contributed by atoms with Crippen LogP contribution in [0.2, 0.25) is 0 Å². The van der Waals surface area contributed by atoms with Gasteiger partial charge in [-0.2, -0.15) is 0 Å². The molecule has 5 heteroatoms. The SMILES string of the molecule is CCOCCN1C(=O)C(C)(C)Oc2ccc(I)cc21. The number of hydrogen-bond acceptors (Lipinski definition) is 3. The normalized spacial score (nSPS) is 17.1. The number of anilines is 1. The number of ether oxygens (including phenoxy) is 2. The largest absolute Gasteiger partial charge is 0.476 e. The summed E-state index contributed by atoms with van der Waals surface area (Å²) in [5, 5.41) is 0. The monoisotopic (exact) mass is 375 g/mol. The Bertz CT molecular complexity index is 488. The van der Waals surface area contributed by atoms with E-state index in [9.17, 15) is 4.79 Å². The fourth-order valence-electron chi connectivity index (χ4n) is 2.06. The number of hydrogen-bond donors (Lipinski definition) is 0. The van der Waals surface area contributed by atoms with Gasteiger partial charge in [0.1, 0.15) is 5.75 Å². The lowest BCUT2D eigenvalue weighted by Crippen LogP contribution is -2.53. The van der Waals surface area contributed by atoms with Gasteiger partial charge in [0.25, 0.3) is 5.91 Å². The van der Waals surface area contributed by atoms with Crippen LogP contribution in [0.15, 0.2) is 18.2 Å². The van der Waals surface area contributed by atoms with E-state index in [0.29, 0.717) is 19.8 Å². The smallest absolute Gasteiger partial charge is 0.270 e. The second kappa shape index (κ2) is 5.66. The van der Waals surface area contributed by atoms with Gasteiger partial charge in [-0.15, -0.1) is 0 Å². The summed E-state index contributed by atoms with van der Waals surface area (Å²) in [6.07, 6.45) is 0. The number of nitrogens with zero attached hydrogens (tertiary/aromatic N) is 1. The summed E-state index contributed by atoms with van der Waals surface area (Å²) in [7, 11) is 0. The molecule has 19 heavy (non-hydrogen) atoms. The summed E-state index contributed by atoms with van der Waals surface area (Å²) in [5.41, 5.74) is 0.00219. The molecule has 104 valence electrons. The van der Waals surface area contributed by atoms with Crippen molar-refractivity contribution in [3.8, 4) is 5.75 Å². The third-order valence-electron chi connectivity index (χ3n) is 3.00. The van der Waals surface area contributed by atoms with Gasteiger partial charge in [0.05, 0.1) is 12.3 Å². The van der Waals surface area contributed by atoms with E-state index in [1.165, 1.54) is 0 Å². The minimum Gasteiger partial charge on any atom is -0.476 e. The minimum atomic E-state index is -0.827. The van der Waals surface area contributed by atoms with Crippen molar-refractivity contribution in [3.63, 3.8) is 0 Å². The summed E-state index contributed by atoms with van der Waals surface area (Å²) < 4.78 is 12.2. The van der Waals surface area contributed by atoms with Gasteiger partial charge >= 0.3 is 0 Å². The zero-order valence-corrected chi connectivity index (χ0v) is 13.6. The number of carbonyl (C=O) groups is 1. The van der Waals surface area contributed by atoms with Crippen molar-refractivity contribution in [1.82, 2.24) is 0 Å². The Morgan fingerprint density at radius 1 is 1.42 bits per heavy atom. The summed E-state index contributed by atoms with van der Waals surface area (Å²) >= 11 is 2.23. The van der Waals surface area contributed by atoms with Gasteiger partial charge in [-0.25, -0.2) is 0 Å². The van der Waals surface area contributed by atoms with Crippen molar-refractivity contribution < 1.29 is 14.3 Å². The Morgan fingerprint density at radius 2 is 2.16 bits per heavy atom. The Labute approximate surface area is 127 Å². The van der Waals surface area contributed by atoms with Crippen molar-refractivity contribution in [3.05, 3.63) is 21.8 Å². The molecular weight excluding hydrogens is 357 g/mol. The summed E-state index contributed by atoms with van der Waals surface area (Å²) in [6, 6.07) is 5.86. The molecular formula is C14H18INO3. The zero-order valence-electron chi connectivity index (χ0n) is 11.4. The van der Waals surface area contributed by atoms with E-state index in [2.05, 4.69) is 22.6 Å². The average Bonchev–Trinajstić information content (AvgIpc) is 2.35. The van der Waals surface area contributed by atoms with Crippen LogP contribution in [-0.2, 0) is 9.53 Å². The van der Waals surface area contributed by atoms with Crippen molar-refractivity contribution >= 4 is 34.2 Å². The number of carbonyl (C=O) groups excluding carboxylic acids is 1. The molecule has 1 aliphatic heterocycles. The third-order valence-corrected chi connectivity index (χ3v) is 3.67. The van der Waals surface area contributed by atoms with Gasteiger partial charge in [-0.3, -0.25) is 4.79 Å². The van der Waals surface area contributed by atoms with Crippen LogP contribution in [0, 0.1) is 3.57 Å². The maximum atomic E-state index is 12.5. The van der Waals surface area contributed by atoms with E-state index in [-0.39, 0.29) is 5.91 Å². The van der Waals surface area contributed by atoms with Crippen LogP contribution in [0.1, 0.15) is 20.8 Å². The van der Waals surface area contributed by atoms with E-state index in [4.69, 9.17) is 9.47 Å². The first kappa shape index (κ1) is 14.6. The van der Waals surface area contributed by atoms with Gasteiger partial charge in [0.15, 0.2) is 5.60 Å². The molecule has 0 saturated carbocycles. The van der Waals surface area contributed by atoms with E-state index in [1.807, 2.05) is 25.1 Å². The molecule has 0 N–H and O–H groups in total. The molecule has 1 heterocycles. The molecule has 4 nitrogen and oxygen atoms in total. The molecule has 0 atom stereocenters. The van der Waals surface area contributed by atoms with Crippen molar-refractivity contribution in [2.24, 2.45) is 0 Å². The lowest BCUT2D eigenvalue weighted by atomic mass is 10.0. The Hall–Kier alpha value is -0.820. The first-order valence-corrected chi connectivity index (χ1v) is 7.42. The lowest BCUT2D eigenvalue weighted by molar-refractivity contribution is -0.132. The minimum absolute atomic E-state index is 0.0262. The molecule has 0 radical (unpaired) electrons. The van der Waals surface area contributed by atoms with Crippen molar-refractivity contribution in [1.29, 1.82) is 0 Å². The number of rotatable bonds is 4. The molecule has 2 rings (SSSR count). The maximum absolute atomic E-state index is 12.5. The number of fused-ring (bicyclic) bond motifs is 1. The average molecular weight is 375 g/mol. The molecule has 0 aromatic heterocycles. The molecule has 0 unspecified atom stereocenters. The van der Waals surface area contributed by atoms with Crippen LogP contribution in [0.25, 0.3) is 0 Å². The Balaban J connectivity index is 2.33. The van der Waals surface area contributed by atoms with Gasteiger partial charge in [0.2, 0.25) is 0 Å². The predicted molar refractivity (Wildman–Crippen MR) is 82.7 cm³/mol. The Kier molecular flexibility index (Phi) is 4.35. The topological polar surface area (TPSA) is 38.8 Å². The van der Waals surface area contributed by atoms with Crippen LogP contribution < -0.4 is 9.64 Å². The molecule has 1 aromatic rings. The lowest BCUT2D eigenvalue weighted by Gasteiger charge is -2.38. The molecule has 1 aliphatic rings. The van der Waals surface area contributed by atoms with Crippen LogP contribution in [0.3, 0.4) is 0 Å². The van der Waals surface area contributed by atoms with Crippen LogP contribution in [0.4, 0.5) is 5.69 Å². The number of benzene rings is 1. The summed E-state index contributed by atoms with van der Waals surface area (Å²) in [6.45, 7) is 7.27. The summed E-state index contributed by atoms with van der Waals surface area (Å²) in [4.78, 5) is 14.2. The highest BCUT2D eigenvalue weighted by Crippen LogP contribution is 2.38. The number of amides is 1. The van der Waals surface area contributed by atoms with Crippen LogP contribution in [0.5, 0.6) is 5.75 Å². The van der Waals surface area contributed by atoms with Gasteiger partial charge in [0, 0.05) is 16.7 Å². The van der Waals surface area contributed by atoms with E-state index < -0.39 is 5.60 Å². The van der Waals surface area contributed by atoms with Crippen molar-refractivity contribution in [2.45, 2.75) is 26.4 Å². The third kappa shape index (κ3) is 3.02. The van der Waals surface area contributed by atoms with Crippen LogP contribution in [-0.4, -0.2) is 31.3 Å². The fourth-order valence-corrected chi connectivity index (χ4v) is 2.54. The quantitative estimate of drug-likeness (QED) is 0.600. The second-order valence-electron chi connectivity index (χ2n) is 4.88. The predicted octanol–water partition coefficient (Wildman–Crippen LogP) is 2.83.